The summed E-state index contributed by atoms with van der Waals surface area (Å²) in [5.41, 5.74) is 6.41. The third kappa shape index (κ3) is 2.61. The molecule has 0 radical (unpaired) electrons. The summed E-state index contributed by atoms with van der Waals surface area (Å²) in [6.45, 7) is 0.724. The SMILES string of the molecule is CSCCN1C(=O)CSc2sc(C(=N)N)cc21. The van der Waals surface area contributed by atoms with E-state index in [1.807, 2.05) is 17.2 Å². The lowest BCUT2D eigenvalue weighted by Gasteiger charge is -2.26. The van der Waals surface area contributed by atoms with E-state index in [9.17, 15) is 4.79 Å². The fraction of sp³-hybridized carbons (Fsp3) is 0.400. The molecule has 0 saturated heterocycles. The first-order valence-electron chi connectivity index (χ1n) is 5.04. The number of fused-ring (bicyclic) bond motifs is 1. The summed E-state index contributed by atoms with van der Waals surface area (Å²) in [6, 6.07) is 1.85. The second-order valence-corrected chi connectivity index (χ2v) is 6.81. The number of nitrogens with one attached hydrogen (secondary N) is 1. The summed E-state index contributed by atoms with van der Waals surface area (Å²) in [7, 11) is 0. The van der Waals surface area contributed by atoms with Gasteiger partial charge in [0.15, 0.2) is 0 Å². The van der Waals surface area contributed by atoms with Gasteiger partial charge in [-0.3, -0.25) is 10.2 Å². The molecule has 17 heavy (non-hydrogen) atoms. The summed E-state index contributed by atoms with van der Waals surface area (Å²) < 4.78 is 1.09. The van der Waals surface area contributed by atoms with E-state index in [0.29, 0.717) is 5.75 Å². The Hall–Kier alpha value is -0.660. The maximum absolute atomic E-state index is 11.9. The third-order valence-electron chi connectivity index (χ3n) is 2.38. The van der Waals surface area contributed by atoms with Crippen LogP contribution in [0.5, 0.6) is 0 Å². The van der Waals surface area contributed by atoms with Gasteiger partial charge in [0.05, 0.1) is 20.5 Å². The van der Waals surface area contributed by atoms with Crippen LogP contribution in [0.1, 0.15) is 4.88 Å². The Bertz CT molecular complexity index is 458. The molecule has 3 N–H and O–H groups in total. The van der Waals surface area contributed by atoms with E-state index in [1.54, 1.807) is 23.5 Å². The number of nitrogen functional groups attached to an aromatic ring is 1. The average Bonchev–Trinajstić information content (AvgIpc) is 2.72. The molecule has 0 aliphatic carbocycles. The minimum atomic E-state index is 0.0715. The van der Waals surface area contributed by atoms with Crippen LogP contribution < -0.4 is 10.6 Å². The minimum Gasteiger partial charge on any atom is -0.383 e. The molecule has 0 atom stereocenters. The monoisotopic (exact) mass is 287 g/mol. The van der Waals surface area contributed by atoms with Crippen molar-refractivity contribution in [2.24, 2.45) is 5.73 Å². The summed E-state index contributed by atoms with van der Waals surface area (Å²) in [5.74, 6) is 1.62. The third-order valence-corrected chi connectivity index (χ3v) is 5.39. The average molecular weight is 287 g/mol. The molecule has 2 heterocycles. The first-order chi connectivity index (χ1) is 8.13. The Labute approximate surface area is 112 Å². The van der Waals surface area contributed by atoms with Crippen molar-refractivity contribution in [1.82, 2.24) is 0 Å². The molecule has 0 bridgehead atoms. The van der Waals surface area contributed by atoms with Crippen LogP contribution in [0.4, 0.5) is 5.69 Å². The summed E-state index contributed by atoms with van der Waals surface area (Å²) in [6.07, 6.45) is 2.03. The number of anilines is 1. The van der Waals surface area contributed by atoms with Crippen molar-refractivity contribution in [2.75, 3.05) is 29.2 Å². The molecule has 1 aliphatic rings. The highest BCUT2D eigenvalue weighted by Gasteiger charge is 2.27. The molecule has 0 aromatic carbocycles. The maximum Gasteiger partial charge on any atom is 0.237 e. The first kappa shape index (κ1) is 12.8. The van der Waals surface area contributed by atoms with E-state index in [1.165, 1.54) is 11.3 Å². The molecule has 2 rings (SSSR count). The van der Waals surface area contributed by atoms with Crippen LogP contribution >= 0.6 is 34.9 Å². The van der Waals surface area contributed by atoms with Crippen LogP contribution in [0, 0.1) is 5.41 Å². The van der Waals surface area contributed by atoms with Gasteiger partial charge in [-0.15, -0.1) is 23.1 Å². The number of hydrogen-bond acceptors (Lipinski definition) is 5. The van der Waals surface area contributed by atoms with E-state index in [-0.39, 0.29) is 11.7 Å². The highest BCUT2D eigenvalue weighted by Crippen LogP contribution is 2.41. The number of nitrogens with two attached hydrogens (primary N) is 1. The van der Waals surface area contributed by atoms with Gasteiger partial charge in [0, 0.05) is 12.3 Å². The predicted molar refractivity (Wildman–Crippen MR) is 76.8 cm³/mol. The summed E-state index contributed by atoms with van der Waals surface area (Å²) >= 11 is 4.76. The Kier molecular flexibility index (Phi) is 4.01. The van der Waals surface area contributed by atoms with Gasteiger partial charge in [0.2, 0.25) is 5.91 Å². The molecular formula is C10H13N3OS3. The molecule has 0 saturated carbocycles. The normalized spacial score (nSPS) is 14.9. The lowest BCUT2D eigenvalue weighted by atomic mass is 10.3. The van der Waals surface area contributed by atoms with Gasteiger partial charge in [-0.05, 0) is 12.3 Å². The highest BCUT2D eigenvalue weighted by atomic mass is 32.2. The molecule has 4 nitrogen and oxygen atoms in total. The molecule has 92 valence electrons. The Balaban J connectivity index is 2.30. The van der Waals surface area contributed by atoms with Crippen LogP contribution in [0.15, 0.2) is 10.3 Å². The summed E-state index contributed by atoms with van der Waals surface area (Å²) in [4.78, 5) is 14.4. The van der Waals surface area contributed by atoms with Crippen molar-refractivity contribution in [2.45, 2.75) is 4.21 Å². The fourth-order valence-electron chi connectivity index (χ4n) is 1.56. The number of nitrogens with zero attached hydrogens (tertiary/aromatic N) is 1. The number of thioether (sulfide) groups is 2. The predicted octanol–water partition coefficient (Wildman–Crippen LogP) is 1.83. The lowest BCUT2D eigenvalue weighted by Crippen LogP contribution is -2.36. The zero-order valence-corrected chi connectivity index (χ0v) is 11.8. The molecule has 7 heteroatoms. The number of carbonyl (C=O) groups is 1. The van der Waals surface area contributed by atoms with Gasteiger partial charge in [-0.25, -0.2) is 0 Å². The first-order valence-corrected chi connectivity index (χ1v) is 8.23. The van der Waals surface area contributed by atoms with Crippen molar-refractivity contribution in [1.29, 1.82) is 5.41 Å². The van der Waals surface area contributed by atoms with Crippen molar-refractivity contribution in [3.8, 4) is 0 Å². The Morgan fingerprint density at radius 1 is 1.71 bits per heavy atom. The molecule has 0 fully saturated rings. The number of amides is 1. The van der Waals surface area contributed by atoms with Crippen LogP contribution in [0.2, 0.25) is 0 Å². The van der Waals surface area contributed by atoms with Crippen LogP contribution in [0.3, 0.4) is 0 Å². The van der Waals surface area contributed by atoms with Gasteiger partial charge in [-0.1, -0.05) is 0 Å². The lowest BCUT2D eigenvalue weighted by molar-refractivity contribution is -0.116. The van der Waals surface area contributed by atoms with E-state index in [2.05, 4.69) is 0 Å². The van der Waals surface area contributed by atoms with Crippen molar-refractivity contribution in [3.05, 3.63) is 10.9 Å². The minimum absolute atomic E-state index is 0.0715. The summed E-state index contributed by atoms with van der Waals surface area (Å²) in [5, 5.41) is 7.44. The van der Waals surface area contributed by atoms with Gasteiger partial charge in [0.25, 0.3) is 0 Å². The zero-order valence-electron chi connectivity index (χ0n) is 9.36. The molecule has 1 aliphatic heterocycles. The Morgan fingerprint density at radius 3 is 3.12 bits per heavy atom. The molecule has 0 unspecified atom stereocenters. The van der Waals surface area contributed by atoms with Crippen molar-refractivity contribution in [3.63, 3.8) is 0 Å². The standard InChI is InChI=1S/C10H13N3OS3/c1-15-3-2-13-6-4-7(9(11)12)17-10(6)16-5-8(13)14/h4H,2-3,5H2,1H3,(H3,11,12). The van der Waals surface area contributed by atoms with Crippen LogP contribution in [-0.4, -0.2) is 36.0 Å². The van der Waals surface area contributed by atoms with Crippen LogP contribution in [0.25, 0.3) is 0 Å². The zero-order chi connectivity index (χ0) is 12.4. The second kappa shape index (κ2) is 5.32. The molecule has 1 aromatic heterocycles. The quantitative estimate of drug-likeness (QED) is 0.655. The number of rotatable bonds is 4. The second-order valence-electron chi connectivity index (χ2n) is 3.52. The molecule has 1 amide bonds. The van der Waals surface area contributed by atoms with Crippen molar-refractivity contribution >= 4 is 52.3 Å². The highest BCUT2D eigenvalue weighted by molar-refractivity contribution is 8.02. The van der Waals surface area contributed by atoms with Gasteiger partial charge in [0.1, 0.15) is 5.84 Å². The fourth-order valence-corrected chi connectivity index (χ4v) is 4.08. The van der Waals surface area contributed by atoms with E-state index >= 15 is 0 Å². The number of hydrogen-bond donors (Lipinski definition) is 2. The van der Waals surface area contributed by atoms with Crippen molar-refractivity contribution < 1.29 is 4.79 Å². The van der Waals surface area contributed by atoms with Gasteiger partial charge < -0.3 is 10.6 Å². The maximum atomic E-state index is 11.9. The van der Waals surface area contributed by atoms with E-state index in [4.69, 9.17) is 11.1 Å². The smallest absolute Gasteiger partial charge is 0.237 e. The van der Waals surface area contributed by atoms with Gasteiger partial charge in [-0.2, -0.15) is 11.8 Å². The number of thiophene rings is 1. The largest absolute Gasteiger partial charge is 0.383 e. The molecule has 0 spiro atoms. The topological polar surface area (TPSA) is 70.2 Å². The molecular weight excluding hydrogens is 274 g/mol. The molecule has 1 aromatic rings. The number of amidine groups is 1. The Morgan fingerprint density at radius 2 is 2.47 bits per heavy atom. The van der Waals surface area contributed by atoms with Crippen LogP contribution in [-0.2, 0) is 4.79 Å². The van der Waals surface area contributed by atoms with E-state index < -0.39 is 0 Å². The number of carbonyl (C=O) groups excluding carboxylic acids is 1. The van der Waals surface area contributed by atoms with Gasteiger partial charge >= 0.3 is 0 Å². The van der Waals surface area contributed by atoms with E-state index in [0.717, 1.165) is 27.1 Å².